The van der Waals surface area contributed by atoms with E-state index >= 15 is 4.79 Å². The molecule has 0 spiro atoms. The molecular formula is C54H40N2O2. The third-order valence-corrected chi connectivity index (χ3v) is 11.7. The summed E-state index contributed by atoms with van der Waals surface area (Å²) in [6.45, 7) is 8.53. The third kappa shape index (κ3) is 5.60. The molecule has 2 amide bonds. The number of aromatic nitrogens is 1. The largest absolute Gasteiger partial charge is 0.308 e. The van der Waals surface area contributed by atoms with E-state index in [-0.39, 0.29) is 11.8 Å². The van der Waals surface area contributed by atoms with Crippen LogP contribution in [0, 0.1) is 27.7 Å². The van der Waals surface area contributed by atoms with E-state index in [4.69, 9.17) is 0 Å². The molecule has 1 aromatic heterocycles. The Kier molecular flexibility index (Phi) is 8.31. The zero-order valence-electron chi connectivity index (χ0n) is 32.9. The summed E-state index contributed by atoms with van der Waals surface area (Å²) in [7, 11) is 0. The Morgan fingerprint density at radius 2 is 0.862 bits per heavy atom. The summed E-state index contributed by atoms with van der Waals surface area (Å²) in [5.74, 6) is -0.683. The van der Waals surface area contributed by atoms with E-state index in [1.165, 1.54) is 27.2 Å². The number of fused-ring (bicyclic) bond motifs is 4. The van der Waals surface area contributed by atoms with E-state index in [0.29, 0.717) is 22.5 Å². The summed E-state index contributed by atoms with van der Waals surface area (Å²) in [4.78, 5) is 31.7. The third-order valence-electron chi connectivity index (χ3n) is 11.7. The zero-order valence-corrected chi connectivity index (χ0v) is 32.9. The van der Waals surface area contributed by atoms with E-state index in [0.717, 1.165) is 66.3 Å². The van der Waals surface area contributed by atoms with Crippen molar-refractivity contribution in [3.63, 3.8) is 0 Å². The topological polar surface area (TPSA) is 42.3 Å². The van der Waals surface area contributed by atoms with Crippen LogP contribution in [0.2, 0.25) is 0 Å². The number of para-hydroxylation sites is 1. The first-order valence-corrected chi connectivity index (χ1v) is 19.8. The van der Waals surface area contributed by atoms with Gasteiger partial charge in [0.05, 0.1) is 33.5 Å². The zero-order chi connectivity index (χ0) is 39.7. The van der Waals surface area contributed by atoms with Gasteiger partial charge in [-0.15, -0.1) is 0 Å². The Balaban J connectivity index is 1.24. The Labute approximate surface area is 338 Å². The van der Waals surface area contributed by atoms with Gasteiger partial charge in [-0.2, -0.15) is 0 Å². The van der Waals surface area contributed by atoms with Crippen LogP contribution < -0.4 is 4.90 Å². The van der Waals surface area contributed by atoms with Crippen LogP contribution >= 0.6 is 0 Å². The van der Waals surface area contributed by atoms with Crippen molar-refractivity contribution in [2.45, 2.75) is 27.7 Å². The predicted octanol–water partition coefficient (Wildman–Crippen LogP) is 13.5. The average molecular weight is 749 g/mol. The highest BCUT2D eigenvalue weighted by atomic mass is 16.2. The van der Waals surface area contributed by atoms with Crippen LogP contribution in [0.5, 0.6) is 0 Å². The lowest BCUT2D eigenvalue weighted by Gasteiger charge is -2.23. The average Bonchev–Trinajstić information content (AvgIpc) is 3.70. The van der Waals surface area contributed by atoms with Gasteiger partial charge >= 0.3 is 0 Å². The van der Waals surface area contributed by atoms with Crippen LogP contribution in [-0.2, 0) is 0 Å². The van der Waals surface area contributed by atoms with Crippen LogP contribution in [0.1, 0.15) is 43.0 Å². The fourth-order valence-corrected chi connectivity index (χ4v) is 9.03. The molecule has 0 saturated heterocycles. The number of nitrogens with zero attached hydrogens (tertiary/aromatic N) is 2. The Bertz CT molecular complexity index is 2970. The molecule has 1 aliphatic heterocycles. The number of amides is 2. The van der Waals surface area contributed by atoms with Crippen molar-refractivity contribution in [3.8, 4) is 50.2 Å². The molecule has 0 fully saturated rings. The normalized spacial score (nSPS) is 12.5. The second kappa shape index (κ2) is 13.7. The van der Waals surface area contributed by atoms with E-state index in [9.17, 15) is 4.79 Å². The van der Waals surface area contributed by atoms with Crippen molar-refractivity contribution >= 4 is 39.3 Å². The standard InChI is InChI=1S/C54H40N2O2/c1-33-21-25-41(35(3)29-33)39-23-27-45-46-28-24-40(42-26-22-34(2)30-36(42)4)32-50(46)55(49(45)31-39)48-20-12-19-47-51(48)54(58)56(53(47)57)52-43(37-13-7-5-8-14-37)17-11-18-44(52)38-15-9-6-10-16-38/h5-32H,1-4H3. The van der Waals surface area contributed by atoms with Crippen LogP contribution in [0.4, 0.5) is 5.69 Å². The Morgan fingerprint density at radius 3 is 1.36 bits per heavy atom. The first kappa shape index (κ1) is 35.1. The lowest BCUT2D eigenvalue weighted by Crippen LogP contribution is -2.30. The molecule has 0 unspecified atom stereocenters. The smallest absolute Gasteiger partial charge is 0.268 e. The molecule has 10 rings (SSSR count). The number of hydrogen-bond acceptors (Lipinski definition) is 2. The van der Waals surface area contributed by atoms with E-state index in [2.05, 4.69) is 105 Å². The minimum absolute atomic E-state index is 0.338. The highest BCUT2D eigenvalue weighted by molar-refractivity contribution is 6.37. The number of imide groups is 1. The van der Waals surface area contributed by atoms with Crippen molar-refractivity contribution in [2.75, 3.05) is 4.90 Å². The van der Waals surface area contributed by atoms with Crippen molar-refractivity contribution in [2.24, 2.45) is 0 Å². The number of carbonyl (C=O) groups is 2. The van der Waals surface area contributed by atoms with E-state index in [1.54, 1.807) is 6.07 Å². The fraction of sp³-hybridized carbons (Fsp3) is 0.0741. The second-order valence-corrected chi connectivity index (χ2v) is 15.5. The highest BCUT2D eigenvalue weighted by Gasteiger charge is 2.41. The van der Waals surface area contributed by atoms with Gasteiger partial charge in [-0.05, 0) is 96.5 Å². The molecular weight excluding hydrogens is 709 g/mol. The Morgan fingerprint density at radius 1 is 0.379 bits per heavy atom. The fourth-order valence-electron chi connectivity index (χ4n) is 9.03. The predicted molar refractivity (Wildman–Crippen MR) is 239 cm³/mol. The van der Waals surface area contributed by atoms with Crippen molar-refractivity contribution < 1.29 is 9.59 Å². The molecule has 4 nitrogen and oxygen atoms in total. The maximum absolute atomic E-state index is 15.4. The molecule has 2 heterocycles. The molecule has 0 N–H and O–H groups in total. The molecule has 1 aliphatic rings. The number of aryl methyl sites for hydroxylation is 4. The number of anilines is 1. The number of rotatable bonds is 6. The van der Waals surface area contributed by atoms with Gasteiger partial charge in [0.1, 0.15) is 0 Å². The van der Waals surface area contributed by atoms with E-state index < -0.39 is 0 Å². The monoisotopic (exact) mass is 748 g/mol. The molecule has 278 valence electrons. The maximum atomic E-state index is 15.4. The molecule has 0 atom stereocenters. The molecule has 4 heteroatoms. The minimum Gasteiger partial charge on any atom is -0.308 e. The molecule has 0 bridgehead atoms. The molecule has 58 heavy (non-hydrogen) atoms. The van der Waals surface area contributed by atoms with Crippen molar-refractivity contribution in [1.82, 2.24) is 4.57 Å². The highest BCUT2D eigenvalue weighted by Crippen LogP contribution is 2.45. The molecule has 8 aromatic carbocycles. The number of hydrogen-bond donors (Lipinski definition) is 0. The first-order chi connectivity index (χ1) is 28.3. The van der Waals surface area contributed by atoms with Crippen molar-refractivity contribution in [3.05, 3.63) is 203 Å². The van der Waals surface area contributed by atoms with Gasteiger partial charge in [-0.1, -0.05) is 157 Å². The minimum atomic E-state index is -0.345. The molecule has 0 radical (unpaired) electrons. The summed E-state index contributed by atoms with van der Waals surface area (Å²) < 4.78 is 2.21. The van der Waals surface area contributed by atoms with Gasteiger partial charge in [0.2, 0.25) is 0 Å². The molecule has 0 saturated carbocycles. The summed E-state index contributed by atoms with van der Waals surface area (Å²) in [6, 6.07) is 58.0. The summed E-state index contributed by atoms with van der Waals surface area (Å²) in [5.41, 5.74) is 16.7. The van der Waals surface area contributed by atoms with Crippen LogP contribution in [0.25, 0.3) is 72.0 Å². The number of carbonyl (C=O) groups excluding carboxylic acids is 2. The maximum Gasteiger partial charge on any atom is 0.268 e. The summed E-state index contributed by atoms with van der Waals surface area (Å²) in [6.07, 6.45) is 0. The van der Waals surface area contributed by atoms with Crippen LogP contribution in [0.15, 0.2) is 170 Å². The van der Waals surface area contributed by atoms with Gasteiger partial charge in [-0.3, -0.25) is 9.59 Å². The number of benzene rings is 8. The van der Waals surface area contributed by atoms with Crippen molar-refractivity contribution in [1.29, 1.82) is 0 Å². The van der Waals surface area contributed by atoms with E-state index in [1.807, 2.05) is 91.0 Å². The Hall–Kier alpha value is -7.30. The lowest BCUT2D eigenvalue weighted by atomic mass is 9.95. The van der Waals surface area contributed by atoms with Gasteiger partial charge in [0, 0.05) is 21.9 Å². The second-order valence-electron chi connectivity index (χ2n) is 15.5. The van der Waals surface area contributed by atoms with Crippen LogP contribution in [0.3, 0.4) is 0 Å². The first-order valence-electron chi connectivity index (χ1n) is 19.8. The molecule has 9 aromatic rings. The van der Waals surface area contributed by atoms with Gasteiger partial charge in [-0.25, -0.2) is 4.90 Å². The summed E-state index contributed by atoms with van der Waals surface area (Å²) >= 11 is 0. The molecule has 0 aliphatic carbocycles. The van der Waals surface area contributed by atoms with Gasteiger partial charge < -0.3 is 4.57 Å². The van der Waals surface area contributed by atoms with Gasteiger partial charge in [0.15, 0.2) is 0 Å². The van der Waals surface area contributed by atoms with Crippen LogP contribution in [-0.4, -0.2) is 16.4 Å². The lowest BCUT2D eigenvalue weighted by molar-refractivity contribution is 0.0926. The SMILES string of the molecule is Cc1ccc(-c2ccc3c4ccc(-c5ccc(C)cc5C)cc4n(-c4cccc5c4C(=O)N(c4c(-c6ccccc6)cccc4-c4ccccc4)C5=O)c3c2)c(C)c1. The summed E-state index contributed by atoms with van der Waals surface area (Å²) in [5, 5.41) is 2.14. The quantitative estimate of drug-likeness (QED) is 0.159. The van der Waals surface area contributed by atoms with Gasteiger partial charge in [0.25, 0.3) is 11.8 Å².